The summed E-state index contributed by atoms with van der Waals surface area (Å²) in [6.07, 6.45) is 3.39. The van der Waals surface area contributed by atoms with Crippen molar-refractivity contribution in [3.8, 4) is 11.5 Å². The van der Waals surface area contributed by atoms with Crippen molar-refractivity contribution in [1.29, 1.82) is 0 Å². The standard InChI is InChI=1S/C21H18O3/c1-23-19-12-18(13-20(14-19)24-2)21(22)10-8-15-7-9-16-5-3-4-6-17(16)11-15/h3-14H,1-2H3. The lowest BCUT2D eigenvalue weighted by molar-refractivity contribution is 0.104. The van der Waals surface area contributed by atoms with Gasteiger partial charge < -0.3 is 9.47 Å². The highest BCUT2D eigenvalue weighted by Crippen LogP contribution is 2.23. The van der Waals surface area contributed by atoms with Crippen molar-refractivity contribution in [3.63, 3.8) is 0 Å². The van der Waals surface area contributed by atoms with Gasteiger partial charge in [0.2, 0.25) is 0 Å². The molecule has 0 aliphatic heterocycles. The van der Waals surface area contributed by atoms with Gasteiger partial charge in [-0.15, -0.1) is 0 Å². The minimum absolute atomic E-state index is 0.0969. The fraction of sp³-hybridized carbons (Fsp3) is 0.0952. The van der Waals surface area contributed by atoms with E-state index in [2.05, 4.69) is 18.2 Å². The van der Waals surface area contributed by atoms with Crippen LogP contribution in [0.1, 0.15) is 15.9 Å². The van der Waals surface area contributed by atoms with Gasteiger partial charge in [-0.3, -0.25) is 4.79 Å². The number of fused-ring (bicyclic) bond motifs is 1. The molecule has 24 heavy (non-hydrogen) atoms. The van der Waals surface area contributed by atoms with Gasteiger partial charge in [0, 0.05) is 11.6 Å². The van der Waals surface area contributed by atoms with Crippen molar-refractivity contribution in [1.82, 2.24) is 0 Å². The molecule has 0 atom stereocenters. The molecular formula is C21H18O3. The average molecular weight is 318 g/mol. The molecule has 0 saturated heterocycles. The Bertz CT molecular complexity index is 888. The number of ketones is 1. The Labute approximate surface area is 141 Å². The first-order chi connectivity index (χ1) is 11.7. The number of benzene rings is 3. The molecule has 3 aromatic rings. The lowest BCUT2D eigenvalue weighted by Crippen LogP contribution is -1.97. The van der Waals surface area contributed by atoms with Crippen molar-refractivity contribution in [2.45, 2.75) is 0 Å². The third-order valence-corrected chi connectivity index (χ3v) is 3.84. The van der Waals surface area contributed by atoms with Crippen LogP contribution in [0.3, 0.4) is 0 Å². The Hall–Kier alpha value is -3.07. The Morgan fingerprint density at radius 1 is 0.833 bits per heavy atom. The van der Waals surface area contributed by atoms with Crippen molar-refractivity contribution in [2.75, 3.05) is 14.2 Å². The Kier molecular flexibility index (Phi) is 4.62. The second-order valence-corrected chi connectivity index (χ2v) is 5.41. The van der Waals surface area contributed by atoms with Crippen LogP contribution in [0.2, 0.25) is 0 Å². The molecule has 0 aliphatic carbocycles. The topological polar surface area (TPSA) is 35.5 Å². The zero-order valence-electron chi connectivity index (χ0n) is 13.7. The van der Waals surface area contributed by atoms with Crippen LogP contribution in [0.15, 0.2) is 66.7 Å². The molecule has 0 radical (unpaired) electrons. The number of rotatable bonds is 5. The molecule has 0 saturated carbocycles. The maximum atomic E-state index is 12.4. The van der Waals surface area contributed by atoms with E-state index in [0.717, 1.165) is 10.9 Å². The first-order valence-electron chi connectivity index (χ1n) is 7.64. The molecule has 0 heterocycles. The van der Waals surface area contributed by atoms with Gasteiger partial charge in [0.05, 0.1) is 14.2 Å². The van der Waals surface area contributed by atoms with Crippen LogP contribution in [-0.2, 0) is 0 Å². The van der Waals surface area contributed by atoms with E-state index in [4.69, 9.17) is 9.47 Å². The number of methoxy groups -OCH3 is 2. The second kappa shape index (κ2) is 7.01. The summed E-state index contributed by atoms with van der Waals surface area (Å²) >= 11 is 0. The molecular weight excluding hydrogens is 300 g/mol. The van der Waals surface area contributed by atoms with Crippen molar-refractivity contribution < 1.29 is 14.3 Å². The van der Waals surface area contributed by atoms with Crippen LogP contribution < -0.4 is 9.47 Å². The molecule has 0 unspecified atom stereocenters. The molecule has 3 heteroatoms. The van der Waals surface area contributed by atoms with Gasteiger partial charge in [0.25, 0.3) is 0 Å². The molecule has 3 rings (SSSR count). The minimum atomic E-state index is -0.0969. The molecule has 0 spiro atoms. The van der Waals surface area contributed by atoms with Crippen LogP contribution in [0.4, 0.5) is 0 Å². The second-order valence-electron chi connectivity index (χ2n) is 5.41. The number of carbonyl (C=O) groups excluding carboxylic acids is 1. The van der Waals surface area contributed by atoms with Gasteiger partial charge in [-0.05, 0) is 40.6 Å². The maximum absolute atomic E-state index is 12.4. The lowest BCUT2D eigenvalue weighted by Gasteiger charge is -2.06. The van der Waals surface area contributed by atoms with E-state index in [1.54, 1.807) is 38.5 Å². The van der Waals surface area contributed by atoms with Crippen molar-refractivity contribution >= 4 is 22.6 Å². The Morgan fingerprint density at radius 3 is 2.17 bits per heavy atom. The van der Waals surface area contributed by atoms with Gasteiger partial charge >= 0.3 is 0 Å². The largest absolute Gasteiger partial charge is 0.497 e. The highest BCUT2D eigenvalue weighted by Gasteiger charge is 2.07. The van der Waals surface area contributed by atoms with Crippen molar-refractivity contribution in [3.05, 3.63) is 77.9 Å². The monoisotopic (exact) mass is 318 g/mol. The van der Waals surface area contributed by atoms with E-state index in [9.17, 15) is 4.79 Å². The predicted octanol–water partition coefficient (Wildman–Crippen LogP) is 4.75. The SMILES string of the molecule is COc1cc(OC)cc(C(=O)C=Cc2ccc3ccccc3c2)c1. The molecule has 0 fully saturated rings. The Morgan fingerprint density at radius 2 is 1.50 bits per heavy atom. The number of allylic oxidation sites excluding steroid dienone is 1. The van der Waals surface area contributed by atoms with Gasteiger partial charge in [-0.2, -0.15) is 0 Å². The number of carbonyl (C=O) groups is 1. The molecule has 0 N–H and O–H groups in total. The van der Waals surface area contributed by atoms with E-state index >= 15 is 0 Å². The third kappa shape index (κ3) is 3.46. The first-order valence-corrected chi connectivity index (χ1v) is 7.64. The highest BCUT2D eigenvalue weighted by molar-refractivity contribution is 6.07. The smallest absolute Gasteiger partial charge is 0.186 e. The van der Waals surface area contributed by atoms with E-state index < -0.39 is 0 Å². The molecule has 120 valence electrons. The highest BCUT2D eigenvalue weighted by atomic mass is 16.5. The molecule has 0 amide bonds. The molecule has 0 aliphatic rings. The minimum Gasteiger partial charge on any atom is -0.497 e. The average Bonchev–Trinajstić information content (AvgIpc) is 2.65. The van der Waals surface area contributed by atoms with Crippen LogP contribution >= 0.6 is 0 Å². The summed E-state index contributed by atoms with van der Waals surface area (Å²) in [4.78, 5) is 12.4. The first kappa shape index (κ1) is 15.8. The molecule has 3 nitrogen and oxygen atoms in total. The lowest BCUT2D eigenvalue weighted by atomic mass is 10.1. The third-order valence-electron chi connectivity index (χ3n) is 3.84. The maximum Gasteiger partial charge on any atom is 0.186 e. The zero-order valence-corrected chi connectivity index (χ0v) is 13.7. The molecule has 3 aromatic carbocycles. The van der Waals surface area contributed by atoms with Crippen LogP contribution in [0, 0.1) is 0 Å². The summed E-state index contributed by atoms with van der Waals surface area (Å²) in [6.45, 7) is 0. The van der Waals surface area contributed by atoms with Gasteiger partial charge in [-0.25, -0.2) is 0 Å². The molecule has 0 aromatic heterocycles. The quantitative estimate of drug-likeness (QED) is 0.503. The van der Waals surface area contributed by atoms with Gasteiger partial charge in [0.15, 0.2) is 5.78 Å². The number of hydrogen-bond acceptors (Lipinski definition) is 3. The molecule has 0 bridgehead atoms. The van der Waals surface area contributed by atoms with Crippen LogP contribution in [-0.4, -0.2) is 20.0 Å². The van der Waals surface area contributed by atoms with E-state index in [0.29, 0.717) is 17.1 Å². The van der Waals surface area contributed by atoms with Crippen LogP contribution in [0.5, 0.6) is 11.5 Å². The normalized spacial score (nSPS) is 10.9. The fourth-order valence-corrected chi connectivity index (χ4v) is 2.53. The van der Waals surface area contributed by atoms with E-state index in [1.807, 2.05) is 30.3 Å². The number of ether oxygens (including phenoxy) is 2. The fourth-order valence-electron chi connectivity index (χ4n) is 2.53. The van der Waals surface area contributed by atoms with Crippen LogP contribution in [0.25, 0.3) is 16.8 Å². The summed E-state index contributed by atoms with van der Waals surface area (Å²) in [7, 11) is 3.13. The summed E-state index contributed by atoms with van der Waals surface area (Å²) in [5.41, 5.74) is 1.51. The van der Waals surface area contributed by atoms with E-state index in [-0.39, 0.29) is 5.78 Å². The number of hydrogen-bond donors (Lipinski definition) is 0. The summed E-state index contributed by atoms with van der Waals surface area (Å²) in [5.74, 6) is 1.09. The summed E-state index contributed by atoms with van der Waals surface area (Å²) in [6, 6.07) is 19.4. The van der Waals surface area contributed by atoms with E-state index in [1.165, 1.54) is 5.39 Å². The van der Waals surface area contributed by atoms with Crippen molar-refractivity contribution in [2.24, 2.45) is 0 Å². The summed E-state index contributed by atoms with van der Waals surface area (Å²) < 4.78 is 10.4. The van der Waals surface area contributed by atoms with Gasteiger partial charge in [0.1, 0.15) is 11.5 Å². The van der Waals surface area contributed by atoms with Gasteiger partial charge in [-0.1, -0.05) is 42.5 Å². The Balaban J connectivity index is 1.86. The predicted molar refractivity (Wildman–Crippen MR) is 96.9 cm³/mol. The summed E-state index contributed by atoms with van der Waals surface area (Å²) in [5, 5.41) is 2.33. The zero-order chi connectivity index (χ0) is 16.9.